The zero-order valence-corrected chi connectivity index (χ0v) is 14.2. The van der Waals surface area contributed by atoms with Gasteiger partial charge >= 0.3 is 0 Å². The summed E-state index contributed by atoms with van der Waals surface area (Å²) in [6, 6.07) is 5.46. The van der Waals surface area contributed by atoms with E-state index in [9.17, 15) is 14.4 Å². The lowest BCUT2D eigenvalue weighted by Gasteiger charge is -2.20. The molecule has 2 rings (SSSR count). The van der Waals surface area contributed by atoms with E-state index in [-0.39, 0.29) is 24.3 Å². The number of aryl methyl sites for hydroxylation is 1. The Morgan fingerprint density at radius 2 is 2.17 bits per heavy atom. The SMILES string of the molecule is C=CC(=O)N(CC)CC(=O)Nc1ccc(N2CCCC2=O)c(C)c1. The normalized spacial score (nSPS) is 13.8. The van der Waals surface area contributed by atoms with Gasteiger partial charge in [0.1, 0.15) is 6.54 Å². The lowest BCUT2D eigenvalue weighted by atomic mass is 10.1. The summed E-state index contributed by atoms with van der Waals surface area (Å²) in [4.78, 5) is 38.7. The molecule has 1 heterocycles. The van der Waals surface area contributed by atoms with Crippen molar-refractivity contribution in [3.63, 3.8) is 0 Å². The minimum absolute atomic E-state index is 0.0211. The van der Waals surface area contributed by atoms with Gasteiger partial charge in [0.2, 0.25) is 17.7 Å². The molecule has 128 valence electrons. The van der Waals surface area contributed by atoms with Gasteiger partial charge in [0.15, 0.2) is 0 Å². The Morgan fingerprint density at radius 1 is 1.42 bits per heavy atom. The van der Waals surface area contributed by atoms with Crippen LogP contribution in [0.2, 0.25) is 0 Å². The molecule has 0 saturated carbocycles. The highest BCUT2D eigenvalue weighted by molar-refractivity contribution is 5.98. The number of benzene rings is 1. The predicted molar refractivity (Wildman–Crippen MR) is 93.8 cm³/mol. The Kier molecular flexibility index (Phi) is 5.73. The van der Waals surface area contributed by atoms with Crippen molar-refractivity contribution >= 4 is 29.1 Å². The number of nitrogens with one attached hydrogen (secondary N) is 1. The first-order chi connectivity index (χ1) is 11.5. The third kappa shape index (κ3) is 4.01. The minimum Gasteiger partial charge on any atom is -0.330 e. The van der Waals surface area contributed by atoms with Crippen molar-refractivity contribution in [3.05, 3.63) is 36.4 Å². The summed E-state index contributed by atoms with van der Waals surface area (Å²) in [6.45, 7) is 8.30. The van der Waals surface area contributed by atoms with Crippen LogP contribution in [0.5, 0.6) is 0 Å². The molecule has 0 spiro atoms. The molecule has 1 fully saturated rings. The summed E-state index contributed by atoms with van der Waals surface area (Å²) < 4.78 is 0. The lowest BCUT2D eigenvalue weighted by molar-refractivity contribution is -0.130. The number of amides is 3. The summed E-state index contributed by atoms with van der Waals surface area (Å²) >= 11 is 0. The van der Waals surface area contributed by atoms with Gasteiger partial charge in [-0.15, -0.1) is 0 Å². The van der Waals surface area contributed by atoms with Crippen LogP contribution in [0.25, 0.3) is 0 Å². The summed E-state index contributed by atoms with van der Waals surface area (Å²) in [5, 5.41) is 2.78. The van der Waals surface area contributed by atoms with Crippen molar-refractivity contribution in [2.24, 2.45) is 0 Å². The molecule has 1 aromatic rings. The molecule has 3 amide bonds. The Hall–Kier alpha value is -2.63. The van der Waals surface area contributed by atoms with Crippen LogP contribution in [0, 0.1) is 6.92 Å². The summed E-state index contributed by atoms with van der Waals surface area (Å²) in [5.41, 5.74) is 2.46. The first-order valence-electron chi connectivity index (χ1n) is 8.08. The van der Waals surface area contributed by atoms with Crippen LogP contribution in [0.15, 0.2) is 30.9 Å². The molecule has 0 bridgehead atoms. The maximum atomic E-state index is 12.1. The second-order valence-corrected chi connectivity index (χ2v) is 5.75. The first kappa shape index (κ1) is 17.7. The molecule has 6 heteroatoms. The van der Waals surface area contributed by atoms with Crippen LogP contribution in [-0.4, -0.2) is 42.3 Å². The molecule has 0 unspecified atom stereocenters. The molecule has 6 nitrogen and oxygen atoms in total. The third-order valence-corrected chi connectivity index (χ3v) is 4.05. The van der Waals surface area contributed by atoms with Crippen LogP contribution < -0.4 is 10.2 Å². The van der Waals surface area contributed by atoms with Gasteiger partial charge in [-0.25, -0.2) is 0 Å². The number of rotatable bonds is 6. The minimum atomic E-state index is -0.272. The Morgan fingerprint density at radius 3 is 2.71 bits per heavy atom. The number of anilines is 2. The second kappa shape index (κ2) is 7.77. The van der Waals surface area contributed by atoms with Crippen molar-refractivity contribution in [1.82, 2.24) is 4.90 Å². The zero-order valence-electron chi connectivity index (χ0n) is 14.2. The highest BCUT2D eigenvalue weighted by Crippen LogP contribution is 2.27. The van der Waals surface area contributed by atoms with Crippen molar-refractivity contribution in [3.8, 4) is 0 Å². The molecule has 1 aromatic carbocycles. The topological polar surface area (TPSA) is 69.7 Å². The van der Waals surface area contributed by atoms with E-state index in [0.29, 0.717) is 18.7 Å². The van der Waals surface area contributed by atoms with E-state index in [1.807, 2.05) is 19.1 Å². The van der Waals surface area contributed by atoms with Gasteiger partial charge in [-0.3, -0.25) is 14.4 Å². The molecule has 1 N–H and O–H groups in total. The van der Waals surface area contributed by atoms with Gasteiger partial charge in [0.05, 0.1) is 0 Å². The molecule has 1 aliphatic rings. The zero-order chi connectivity index (χ0) is 17.7. The van der Waals surface area contributed by atoms with Crippen molar-refractivity contribution in [1.29, 1.82) is 0 Å². The van der Waals surface area contributed by atoms with Gasteiger partial charge < -0.3 is 15.1 Å². The van der Waals surface area contributed by atoms with E-state index >= 15 is 0 Å². The average Bonchev–Trinajstić information content (AvgIpc) is 2.98. The predicted octanol–water partition coefficient (Wildman–Crippen LogP) is 2.09. The monoisotopic (exact) mass is 329 g/mol. The molecule has 0 aliphatic carbocycles. The van der Waals surface area contributed by atoms with Gasteiger partial charge in [-0.1, -0.05) is 6.58 Å². The average molecular weight is 329 g/mol. The summed E-state index contributed by atoms with van der Waals surface area (Å²) in [7, 11) is 0. The molecule has 24 heavy (non-hydrogen) atoms. The van der Waals surface area contributed by atoms with Gasteiger partial charge in [-0.05, 0) is 50.1 Å². The molecule has 0 radical (unpaired) electrons. The van der Waals surface area contributed by atoms with Crippen LogP contribution in [-0.2, 0) is 14.4 Å². The number of likely N-dealkylation sites (N-methyl/N-ethyl adjacent to an activating group) is 1. The Bertz CT molecular complexity index is 669. The number of nitrogens with zero attached hydrogens (tertiary/aromatic N) is 2. The number of hydrogen-bond donors (Lipinski definition) is 1. The fraction of sp³-hybridized carbons (Fsp3) is 0.389. The van der Waals surface area contributed by atoms with Crippen LogP contribution >= 0.6 is 0 Å². The smallest absolute Gasteiger partial charge is 0.246 e. The van der Waals surface area contributed by atoms with E-state index in [2.05, 4.69) is 11.9 Å². The van der Waals surface area contributed by atoms with Gasteiger partial charge in [0.25, 0.3) is 0 Å². The fourth-order valence-corrected chi connectivity index (χ4v) is 2.79. The van der Waals surface area contributed by atoms with E-state index in [1.165, 1.54) is 11.0 Å². The first-order valence-corrected chi connectivity index (χ1v) is 8.08. The van der Waals surface area contributed by atoms with Crippen molar-refractivity contribution in [2.45, 2.75) is 26.7 Å². The second-order valence-electron chi connectivity index (χ2n) is 5.75. The summed E-state index contributed by atoms with van der Waals surface area (Å²) in [6.07, 6.45) is 2.66. The maximum absolute atomic E-state index is 12.1. The number of carbonyl (C=O) groups is 3. The molecular weight excluding hydrogens is 306 g/mol. The number of hydrogen-bond acceptors (Lipinski definition) is 3. The van der Waals surface area contributed by atoms with E-state index in [4.69, 9.17) is 0 Å². The fourth-order valence-electron chi connectivity index (χ4n) is 2.79. The lowest BCUT2D eigenvalue weighted by Crippen LogP contribution is -2.36. The highest BCUT2D eigenvalue weighted by Gasteiger charge is 2.23. The number of carbonyl (C=O) groups excluding carboxylic acids is 3. The van der Waals surface area contributed by atoms with Crippen molar-refractivity contribution < 1.29 is 14.4 Å². The highest BCUT2D eigenvalue weighted by atomic mass is 16.2. The van der Waals surface area contributed by atoms with E-state index in [0.717, 1.165) is 24.2 Å². The molecular formula is C18H23N3O3. The van der Waals surface area contributed by atoms with Crippen LogP contribution in [0.4, 0.5) is 11.4 Å². The van der Waals surface area contributed by atoms with Crippen LogP contribution in [0.1, 0.15) is 25.3 Å². The van der Waals surface area contributed by atoms with Crippen molar-refractivity contribution in [2.75, 3.05) is 29.9 Å². The maximum Gasteiger partial charge on any atom is 0.246 e. The summed E-state index contributed by atoms with van der Waals surface area (Å²) in [5.74, 6) is -0.403. The molecule has 1 saturated heterocycles. The largest absolute Gasteiger partial charge is 0.330 e. The van der Waals surface area contributed by atoms with Gasteiger partial charge in [-0.2, -0.15) is 0 Å². The molecule has 1 aliphatic heterocycles. The third-order valence-electron chi connectivity index (χ3n) is 4.05. The van der Waals surface area contributed by atoms with E-state index in [1.54, 1.807) is 17.9 Å². The Balaban J connectivity index is 2.04. The standard InChI is InChI=1S/C18H23N3O3/c1-4-17(23)20(5-2)12-16(22)19-14-8-9-15(13(3)11-14)21-10-6-7-18(21)24/h4,8-9,11H,1,5-7,10,12H2,2-3H3,(H,19,22). The quantitative estimate of drug-likeness (QED) is 0.813. The van der Waals surface area contributed by atoms with Crippen LogP contribution in [0.3, 0.4) is 0 Å². The van der Waals surface area contributed by atoms with E-state index < -0.39 is 0 Å². The molecule has 0 atom stereocenters. The van der Waals surface area contributed by atoms with Gasteiger partial charge in [0, 0.05) is 30.9 Å². The Labute approximate surface area is 142 Å². The molecule has 0 aromatic heterocycles.